The number of rotatable bonds is 7. The number of alkyl halides is 6. The van der Waals surface area contributed by atoms with Crippen molar-refractivity contribution in [2.24, 2.45) is 24.3 Å². The summed E-state index contributed by atoms with van der Waals surface area (Å²) in [7, 11) is 1.68. The number of nitrogens with one attached hydrogen (secondary N) is 3. The second kappa shape index (κ2) is 14.3. The minimum Gasteiger partial charge on any atom is -0.370 e. The largest absolute Gasteiger partial charge is 0.393 e. The number of imidazole rings is 1. The third-order valence-corrected chi connectivity index (χ3v) is 10.3. The van der Waals surface area contributed by atoms with Gasteiger partial charge in [0, 0.05) is 38.1 Å². The second-order valence-corrected chi connectivity index (χ2v) is 15.0. The number of hydrogen-bond donors (Lipinski definition) is 3. The topological polar surface area (TPSA) is 91.3 Å². The van der Waals surface area contributed by atoms with E-state index in [0.29, 0.717) is 22.3 Å². The number of aryl methyl sites for hydroxylation is 1. The molecule has 1 saturated carbocycles. The van der Waals surface area contributed by atoms with Crippen LogP contribution in [0.3, 0.4) is 0 Å². The molecule has 1 aliphatic heterocycles. The normalized spacial score (nSPS) is 20.6. The molecular formula is C34H40Cl2F6N6O2. The summed E-state index contributed by atoms with van der Waals surface area (Å²) in [5.74, 6) is -3.52. The van der Waals surface area contributed by atoms with Crippen LogP contribution in [0.2, 0.25) is 10.0 Å². The first-order chi connectivity index (χ1) is 23.2. The molecule has 1 atom stereocenters. The number of benzene rings is 2. The Labute approximate surface area is 296 Å². The number of nitrogens with zero attached hydrogens (tertiary/aromatic N) is 3. The van der Waals surface area contributed by atoms with Gasteiger partial charge in [0.15, 0.2) is 0 Å². The highest BCUT2D eigenvalue weighted by Gasteiger charge is 2.43. The van der Waals surface area contributed by atoms with Gasteiger partial charge in [0.2, 0.25) is 11.9 Å². The Morgan fingerprint density at radius 1 is 0.940 bits per heavy atom. The van der Waals surface area contributed by atoms with Gasteiger partial charge in [-0.1, -0.05) is 50.0 Å². The fraction of sp³-hybridized carbons (Fsp3) is 0.559. The second-order valence-electron chi connectivity index (χ2n) is 14.2. The first-order valence-electron chi connectivity index (χ1n) is 16.5. The van der Waals surface area contributed by atoms with E-state index in [1.165, 1.54) is 6.07 Å². The van der Waals surface area contributed by atoms with Crippen LogP contribution in [0.4, 0.5) is 43.7 Å². The smallest absolute Gasteiger partial charge is 0.370 e. The van der Waals surface area contributed by atoms with E-state index in [0.717, 1.165) is 0 Å². The lowest BCUT2D eigenvalue weighted by Gasteiger charge is -2.36. The van der Waals surface area contributed by atoms with E-state index in [1.54, 1.807) is 55.5 Å². The maximum Gasteiger partial charge on any atom is 0.393 e. The maximum absolute atomic E-state index is 13.8. The summed E-state index contributed by atoms with van der Waals surface area (Å²) >= 11 is 13.3. The van der Waals surface area contributed by atoms with Crippen molar-refractivity contribution in [2.45, 2.75) is 84.2 Å². The molecule has 8 nitrogen and oxygen atoms in total. The molecule has 2 heterocycles. The molecule has 1 aliphatic carbocycles. The zero-order valence-corrected chi connectivity index (χ0v) is 29.6. The van der Waals surface area contributed by atoms with E-state index < -0.39 is 41.6 Å². The molecule has 3 N–H and O–H groups in total. The predicted octanol–water partition coefficient (Wildman–Crippen LogP) is 8.92. The SMILES string of the molecule is Cn1c(Nc2c(Cl)ccc(CNC(=O)C(C)(C)C)c2Cl)nc2cc(C(=O)NC3CCC(C(F)(F)F)CC3)c(N3CCCC(C(F)(F)F)C3)cc21. The van der Waals surface area contributed by atoms with Gasteiger partial charge in [0.1, 0.15) is 0 Å². The molecule has 5 rings (SSSR count). The number of piperidine rings is 1. The van der Waals surface area contributed by atoms with Gasteiger partial charge in [-0.2, -0.15) is 26.3 Å². The Kier molecular flexibility index (Phi) is 10.8. The predicted molar refractivity (Wildman–Crippen MR) is 182 cm³/mol. The molecule has 2 amide bonds. The number of anilines is 3. The molecule has 274 valence electrons. The van der Waals surface area contributed by atoms with Crippen LogP contribution < -0.4 is 20.9 Å². The Balaban J connectivity index is 1.47. The summed E-state index contributed by atoms with van der Waals surface area (Å²) < 4.78 is 82.9. The molecule has 3 aromatic rings. The van der Waals surface area contributed by atoms with Crippen molar-refractivity contribution in [3.63, 3.8) is 0 Å². The summed E-state index contributed by atoms with van der Waals surface area (Å²) in [6.07, 6.45) is -8.49. The zero-order chi connectivity index (χ0) is 36.8. The van der Waals surface area contributed by atoms with Crippen molar-refractivity contribution in [3.8, 4) is 0 Å². The first-order valence-corrected chi connectivity index (χ1v) is 17.2. The van der Waals surface area contributed by atoms with Gasteiger partial charge < -0.3 is 25.4 Å². The molecule has 0 spiro atoms. The van der Waals surface area contributed by atoms with Crippen molar-refractivity contribution in [2.75, 3.05) is 23.3 Å². The van der Waals surface area contributed by atoms with Gasteiger partial charge in [-0.25, -0.2) is 4.98 Å². The summed E-state index contributed by atoms with van der Waals surface area (Å²) in [4.78, 5) is 32.4. The van der Waals surface area contributed by atoms with Crippen LogP contribution in [0.15, 0.2) is 24.3 Å². The third kappa shape index (κ3) is 8.38. The number of aromatic nitrogens is 2. The van der Waals surface area contributed by atoms with E-state index in [-0.39, 0.29) is 91.3 Å². The molecular weight excluding hydrogens is 709 g/mol. The average molecular weight is 750 g/mol. The minimum atomic E-state index is -4.42. The molecule has 2 aromatic carbocycles. The van der Waals surface area contributed by atoms with Gasteiger partial charge >= 0.3 is 12.4 Å². The first kappa shape index (κ1) is 37.9. The Bertz CT molecular complexity index is 1750. The molecule has 1 saturated heterocycles. The Morgan fingerprint density at radius 3 is 2.22 bits per heavy atom. The number of fused-ring (bicyclic) bond motifs is 1. The van der Waals surface area contributed by atoms with Crippen LogP contribution >= 0.6 is 23.2 Å². The van der Waals surface area contributed by atoms with Gasteiger partial charge in [-0.05, 0) is 62.3 Å². The van der Waals surface area contributed by atoms with Gasteiger partial charge in [-0.3, -0.25) is 9.59 Å². The van der Waals surface area contributed by atoms with E-state index >= 15 is 0 Å². The molecule has 2 aliphatic rings. The molecule has 16 heteroatoms. The fourth-order valence-electron chi connectivity index (χ4n) is 6.47. The standard InChI is InChI=1S/C34H40Cl2F6N6O2/c1-32(2,3)30(50)43-16-18-7-12-23(35)28(27(18)36)46-31-45-24-14-22(29(49)44-21-10-8-19(9-11-21)33(37,38)39)25(15-26(24)47(31)4)48-13-5-6-20(17-48)34(40,41)42/h7,12,14-15,19-21H,5-6,8-11,13,16-17H2,1-4H3,(H,43,50)(H,44,49)(H,45,46). The average Bonchev–Trinajstić information content (AvgIpc) is 3.34. The van der Waals surface area contributed by atoms with Crippen LogP contribution in [0.1, 0.15) is 75.2 Å². The molecule has 1 aromatic heterocycles. The number of carbonyl (C=O) groups excluding carboxylic acids is 2. The number of amides is 2. The Hall–Kier alpha value is -3.39. The highest BCUT2D eigenvalue weighted by molar-refractivity contribution is 6.39. The molecule has 50 heavy (non-hydrogen) atoms. The van der Waals surface area contributed by atoms with Gasteiger partial charge in [-0.15, -0.1) is 0 Å². The lowest BCUT2D eigenvalue weighted by atomic mass is 9.85. The van der Waals surface area contributed by atoms with Crippen LogP contribution in [0.25, 0.3) is 11.0 Å². The molecule has 1 unspecified atom stereocenters. The quantitative estimate of drug-likeness (QED) is 0.210. The molecule has 0 bridgehead atoms. The van der Waals surface area contributed by atoms with Crippen LogP contribution in [0, 0.1) is 17.3 Å². The van der Waals surface area contributed by atoms with Gasteiger partial charge in [0.25, 0.3) is 5.91 Å². The number of halogens is 8. The van der Waals surface area contributed by atoms with Crippen LogP contribution in [0.5, 0.6) is 0 Å². The zero-order valence-electron chi connectivity index (χ0n) is 28.1. The summed E-state index contributed by atoms with van der Waals surface area (Å²) in [6.45, 7) is 5.42. The highest BCUT2D eigenvalue weighted by atomic mass is 35.5. The summed E-state index contributed by atoms with van der Waals surface area (Å²) in [5, 5.41) is 9.32. The van der Waals surface area contributed by atoms with Crippen molar-refractivity contribution >= 4 is 63.4 Å². The van der Waals surface area contributed by atoms with Crippen LogP contribution in [-0.2, 0) is 18.4 Å². The summed E-state index contributed by atoms with van der Waals surface area (Å²) in [5.41, 5.74) is 1.48. The van der Waals surface area contributed by atoms with E-state index in [1.807, 2.05) is 0 Å². The molecule has 2 fully saturated rings. The van der Waals surface area contributed by atoms with Crippen molar-refractivity contribution in [3.05, 3.63) is 45.4 Å². The van der Waals surface area contributed by atoms with Gasteiger partial charge in [0.05, 0.1) is 49.9 Å². The van der Waals surface area contributed by atoms with E-state index in [9.17, 15) is 35.9 Å². The highest BCUT2D eigenvalue weighted by Crippen LogP contribution is 2.40. The third-order valence-electron chi connectivity index (χ3n) is 9.52. The maximum atomic E-state index is 13.8. The monoisotopic (exact) mass is 748 g/mol. The molecule has 0 radical (unpaired) electrons. The van der Waals surface area contributed by atoms with E-state index in [4.69, 9.17) is 23.2 Å². The van der Waals surface area contributed by atoms with Crippen molar-refractivity contribution < 1.29 is 35.9 Å². The van der Waals surface area contributed by atoms with E-state index in [2.05, 4.69) is 20.9 Å². The lowest BCUT2D eigenvalue weighted by molar-refractivity contribution is -0.182. The number of hydrogen-bond acceptors (Lipinski definition) is 5. The fourth-order valence-corrected chi connectivity index (χ4v) is 7.01. The number of carbonyl (C=O) groups is 2. The van der Waals surface area contributed by atoms with Crippen LogP contribution in [-0.4, -0.2) is 52.8 Å². The summed E-state index contributed by atoms with van der Waals surface area (Å²) in [6, 6.07) is 5.90. The van der Waals surface area contributed by atoms with Crippen molar-refractivity contribution in [1.29, 1.82) is 0 Å². The van der Waals surface area contributed by atoms with Crippen molar-refractivity contribution in [1.82, 2.24) is 20.2 Å². The minimum absolute atomic E-state index is 0.0353. The lowest BCUT2D eigenvalue weighted by Crippen LogP contribution is -2.43. The Morgan fingerprint density at radius 2 is 1.60 bits per heavy atom.